The van der Waals surface area contributed by atoms with E-state index in [0.717, 1.165) is 11.3 Å². The molecule has 2 aromatic rings. The lowest BCUT2D eigenvalue weighted by atomic mass is 10.1. The fraction of sp³-hybridized carbons (Fsp3) is 0.188. The van der Waals surface area contributed by atoms with Crippen LogP contribution in [-0.4, -0.2) is 10.9 Å². The first kappa shape index (κ1) is 13.1. The van der Waals surface area contributed by atoms with Gasteiger partial charge in [-0.05, 0) is 54.8 Å². The minimum absolute atomic E-state index is 0.555. The highest BCUT2D eigenvalue weighted by Crippen LogP contribution is 2.16. The summed E-state index contributed by atoms with van der Waals surface area (Å²) in [6.45, 7) is 4.38. The first-order valence-corrected chi connectivity index (χ1v) is 6.17. The van der Waals surface area contributed by atoms with Gasteiger partial charge in [0.15, 0.2) is 0 Å². The van der Waals surface area contributed by atoms with E-state index in [-0.39, 0.29) is 0 Å². The van der Waals surface area contributed by atoms with Crippen LogP contribution in [0.1, 0.15) is 23.6 Å². The normalized spacial score (nSPS) is 11.4. The standard InChI is InChI=1S/C16H17NO2/c1-12-5-3-4-6-15(12)11-19-16-9-7-14(8-10-16)13(2)17-18/h3-10,18H,11H2,1-2H3. The molecule has 0 bridgehead atoms. The Morgan fingerprint density at radius 1 is 1.11 bits per heavy atom. The summed E-state index contributed by atoms with van der Waals surface area (Å²) in [4.78, 5) is 0. The van der Waals surface area contributed by atoms with Gasteiger partial charge in [-0.1, -0.05) is 29.4 Å². The molecule has 0 aliphatic heterocycles. The molecule has 2 aromatic carbocycles. The lowest BCUT2D eigenvalue weighted by molar-refractivity contribution is 0.305. The van der Waals surface area contributed by atoms with Crippen molar-refractivity contribution < 1.29 is 9.94 Å². The third-order valence-electron chi connectivity index (χ3n) is 3.08. The van der Waals surface area contributed by atoms with E-state index in [0.29, 0.717) is 12.3 Å². The van der Waals surface area contributed by atoms with Gasteiger partial charge in [0, 0.05) is 0 Å². The Labute approximate surface area is 113 Å². The quantitative estimate of drug-likeness (QED) is 0.513. The Bertz CT molecular complexity index is 574. The van der Waals surface area contributed by atoms with E-state index in [4.69, 9.17) is 9.94 Å². The van der Waals surface area contributed by atoms with Crippen molar-refractivity contribution in [2.24, 2.45) is 5.16 Å². The number of ether oxygens (including phenoxy) is 1. The summed E-state index contributed by atoms with van der Waals surface area (Å²) in [5.74, 6) is 0.803. The molecular weight excluding hydrogens is 238 g/mol. The fourth-order valence-electron chi connectivity index (χ4n) is 1.78. The molecule has 1 N–H and O–H groups in total. The number of aryl methyl sites for hydroxylation is 1. The molecule has 0 spiro atoms. The molecule has 0 aliphatic rings. The monoisotopic (exact) mass is 255 g/mol. The maximum atomic E-state index is 8.70. The van der Waals surface area contributed by atoms with Gasteiger partial charge in [0.1, 0.15) is 12.4 Å². The Morgan fingerprint density at radius 3 is 2.42 bits per heavy atom. The molecular formula is C16H17NO2. The molecule has 0 saturated heterocycles. The molecule has 0 saturated carbocycles. The highest BCUT2D eigenvalue weighted by Gasteiger charge is 2.01. The van der Waals surface area contributed by atoms with Crippen molar-refractivity contribution in [3.05, 3.63) is 65.2 Å². The van der Waals surface area contributed by atoms with Gasteiger partial charge >= 0.3 is 0 Å². The number of hydrogen-bond acceptors (Lipinski definition) is 3. The highest BCUT2D eigenvalue weighted by atomic mass is 16.5. The summed E-state index contributed by atoms with van der Waals surface area (Å²) >= 11 is 0. The van der Waals surface area contributed by atoms with Crippen LogP contribution in [0.15, 0.2) is 53.7 Å². The number of rotatable bonds is 4. The van der Waals surface area contributed by atoms with Crippen LogP contribution in [0.5, 0.6) is 5.75 Å². The predicted molar refractivity (Wildman–Crippen MR) is 76.0 cm³/mol. The van der Waals surface area contributed by atoms with Crippen LogP contribution in [0.3, 0.4) is 0 Å². The van der Waals surface area contributed by atoms with Crippen molar-refractivity contribution in [3.8, 4) is 5.75 Å². The topological polar surface area (TPSA) is 41.8 Å². The Kier molecular flexibility index (Phi) is 4.18. The number of hydrogen-bond donors (Lipinski definition) is 1. The zero-order chi connectivity index (χ0) is 13.7. The van der Waals surface area contributed by atoms with Gasteiger partial charge in [0.05, 0.1) is 5.71 Å². The molecule has 0 atom stereocenters. The van der Waals surface area contributed by atoms with Crippen molar-refractivity contribution in [1.29, 1.82) is 0 Å². The molecule has 98 valence electrons. The molecule has 0 aliphatic carbocycles. The molecule has 0 unspecified atom stereocenters. The summed E-state index contributed by atoms with van der Waals surface area (Å²) in [5, 5.41) is 11.9. The van der Waals surface area contributed by atoms with Crippen molar-refractivity contribution in [3.63, 3.8) is 0 Å². The van der Waals surface area contributed by atoms with Crippen molar-refractivity contribution >= 4 is 5.71 Å². The Balaban J connectivity index is 2.03. The summed E-state index contributed by atoms with van der Waals surface area (Å²) < 4.78 is 5.74. The molecule has 0 heterocycles. The number of nitrogens with zero attached hydrogens (tertiary/aromatic N) is 1. The maximum absolute atomic E-state index is 8.70. The van der Waals surface area contributed by atoms with Crippen LogP contribution in [-0.2, 0) is 6.61 Å². The average Bonchev–Trinajstić information content (AvgIpc) is 2.46. The fourth-order valence-corrected chi connectivity index (χ4v) is 1.78. The van der Waals surface area contributed by atoms with E-state index in [9.17, 15) is 0 Å². The van der Waals surface area contributed by atoms with Crippen LogP contribution in [0.25, 0.3) is 0 Å². The molecule has 19 heavy (non-hydrogen) atoms. The Morgan fingerprint density at radius 2 is 1.79 bits per heavy atom. The third-order valence-corrected chi connectivity index (χ3v) is 3.08. The summed E-state index contributed by atoms with van der Waals surface area (Å²) in [6.07, 6.45) is 0. The van der Waals surface area contributed by atoms with E-state index in [1.807, 2.05) is 36.4 Å². The lowest BCUT2D eigenvalue weighted by Gasteiger charge is -2.09. The summed E-state index contributed by atoms with van der Waals surface area (Å²) in [5.41, 5.74) is 3.87. The molecule has 0 aromatic heterocycles. The molecule has 2 rings (SSSR count). The number of benzene rings is 2. The van der Waals surface area contributed by atoms with E-state index in [1.165, 1.54) is 11.1 Å². The van der Waals surface area contributed by atoms with E-state index >= 15 is 0 Å². The van der Waals surface area contributed by atoms with Gasteiger partial charge in [-0.2, -0.15) is 0 Å². The van der Waals surface area contributed by atoms with Gasteiger partial charge in [0.2, 0.25) is 0 Å². The van der Waals surface area contributed by atoms with Gasteiger partial charge in [-0.3, -0.25) is 0 Å². The largest absolute Gasteiger partial charge is 0.489 e. The third kappa shape index (κ3) is 3.35. The first-order valence-electron chi connectivity index (χ1n) is 6.17. The molecule has 0 amide bonds. The summed E-state index contributed by atoms with van der Waals surface area (Å²) in [6, 6.07) is 15.7. The maximum Gasteiger partial charge on any atom is 0.119 e. The lowest BCUT2D eigenvalue weighted by Crippen LogP contribution is -1.98. The predicted octanol–water partition coefficient (Wildman–Crippen LogP) is 3.77. The smallest absolute Gasteiger partial charge is 0.119 e. The van der Waals surface area contributed by atoms with Gasteiger partial charge in [-0.15, -0.1) is 0 Å². The van der Waals surface area contributed by atoms with Crippen molar-refractivity contribution in [2.45, 2.75) is 20.5 Å². The van der Waals surface area contributed by atoms with Crippen LogP contribution in [0.4, 0.5) is 0 Å². The second kappa shape index (κ2) is 6.05. The van der Waals surface area contributed by atoms with E-state index in [1.54, 1.807) is 6.92 Å². The van der Waals surface area contributed by atoms with Gasteiger partial charge < -0.3 is 9.94 Å². The molecule has 3 nitrogen and oxygen atoms in total. The minimum atomic E-state index is 0.555. The molecule has 3 heteroatoms. The average molecular weight is 255 g/mol. The first-order chi connectivity index (χ1) is 9.20. The summed E-state index contributed by atoms with van der Waals surface area (Å²) in [7, 11) is 0. The SMILES string of the molecule is CC(=NO)c1ccc(OCc2ccccc2C)cc1. The Hall–Kier alpha value is -2.29. The highest BCUT2D eigenvalue weighted by molar-refractivity contribution is 5.98. The number of oxime groups is 1. The second-order valence-corrected chi connectivity index (χ2v) is 4.42. The van der Waals surface area contributed by atoms with Crippen LogP contribution in [0.2, 0.25) is 0 Å². The van der Waals surface area contributed by atoms with Crippen LogP contribution >= 0.6 is 0 Å². The zero-order valence-electron chi connectivity index (χ0n) is 11.1. The molecule has 0 radical (unpaired) electrons. The second-order valence-electron chi connectivity index (χ2n) is 4.42. The van der Waals surface area contributed by atoms with Gasteiger partial charge in [-0.25, -0.2) is 0 Å². The van der Waals surface area contributed by atoms with Crippen LogP contribution < -0.4 is 4.74 Å². The van der Waals surface area contributed by atoms with Gasteiger partial charge in [0.25, 0.3) is 0 Å². The van der Waals surface area contributed by atoms with E-state index in [2.05, 4.69) is 24.2 Å². The van der Waals surface area contributed by atoms with E-state index < -0.39 is 0 Å². The van der Waals surface area contributed by atoms with Crippen molar-refractivity contribution in [2.75, 3.05) is 0 Å². The van der Waals surface area contributed by atoms with Crippen LogP contribution in [0, 0.1) is 6.92 Å². The van der Waals surface area contributed by atoms with Crippen molar-refractivity contribution in [1.82, 2.24) is 0 Å². The zero-order valence-corrected chi connectivity index (χ0v) is 11.1. The molecule has 0 fully saturated rings. The minimum Gasteiger partial charge on any atom is -0.489 e.